The number of Topliss-reactive ketones (excluding diaryl/α,β-unsaturated/α-hetero) is 1. The molecule has 102 valence electrons. The molecule has 0 aliphatic carbocycles. The lowest BCUT2D eigenvalue weighted by Crippen LogP contribution is -2.21. The fourth-order valence-electron chi connectivity index (χ4n) is 1.60. The number of rotatable bonds is 3. The predicted octanol–water partition coefficient (Wildman–Crippen LogP) is 3.74. The number of carbonyl (C=O) groups is 1. The number of anilines is 1. The van der Waals surface area contributed by atoms with Crippen LogP contribution in [0.25, 0.3) is 11.3 Å². The fourth-order valence-corrected chi connectivity index (χ4v) is 2.57. The minimum atomic E-state index is -1.96. The van der Waals surface area contributed by atoms with E-state index in [1.165, 1.54) is 11.3 Å². The first-order valence-electron chi connectivity index (χ1n) is 5.24. The van der Waals surface area contributed by atoms with Crippen molar-refractivity contribution in [3.63, 3.8) is 0 Å². The van der Waals surface area contributed by atoms with Crippen molar-refractivity contribution in [2.45, 2.75) is 3.79 Å². The van der Waals surface area contributed by atoms with E-state index in [4.69, 9.17) is 34.8 Å². The van der Waals surface area contributed by atoms with Gasteiger partial charge in [-0.2, -0.15) is 0 Å². The van der Waals surface area contributed by atoms with Gasteiger partial charge in [0.1, 0.15) is 0 Å². The van der Waals surface area contributed by atoms with Crippen molar-refractivity contribution in [2.75, 3.05) is 12.4 Å². The van der Waals surface area contributed by atoms with E-state index >= 15 is 0 Å². The highest BCUT2D eigenvalue weighted by Crippen LogP contribution is 2.33. The first kappa shape index (κ1) is 14.7. The van der Waals surface area contributed by atoms with Crippen LogP contribution in [0.15, 0.2) is 17.6 Å². The molecular weight excluding hydrogens is 329 g/mol. The molecule has 2 aromatic heterocycles. The Morgan fingerprint density at radius 3 is 2.68 bits per heavy atom. The summed E-state index contributed by atoms with van der Waals surface area (Å²) in [6.45, 7) is 0. The Hall–Kier alpha value is -0.750. The number of halogens is 3. The summed E-state index contributed by atoms with van der Waals surface area (Å²) in [6.07, 6.45) is 1.78. The summed E-state index contributed by atoms with van der Waals surface area (Å²) >= 11 is 18.3. The zero-order valence-electron chi connectivity index (χ0n) is 10.1. The fraction of sp³-hybridized carbons (Fsp3) is 0.273. The van der Waals surface area contributed by atoms with E-state index in [1.807, 2.05) is 5.38 Å². The monoisotopic (exact) mass is 337 g/mol. The van der Waals surface area contributed by atoms with E-state index < -0.39 is 9.58 Å². The molecule has 0 saturated carbocycles. The van der Waals surface area contributed by atoms with Crippen molar-refractivity contribution in [1.82, 2.24) is 9.55 Å². The quantitative estimate of drug-likeness (QED) is 0.685. The molecule has 19 heavy (non-hydrogen) atoms. The standard InChI is InChI=1S/C11H10Cl3N3OS/c1-15-10-16-7(5-19-10)6-3-8(17(2)4-6)9(18)11(12,13)14/h3-5H,1-2H3,(H,15,16). The maximum Gasteiger partial charge on any atom is 0.255 e. The van der Waals surface area contributed by atoms with Crippen molar-refractivity contribution in [2.24, 2.45) is 7.05 Å². The van der Waals surface area contributed by atoms with E-state index in [1.54, 1.807) is 30.9 Å². The smallest absolute Gasteiger partial charge is 0.255 e. The molecule has 0 fully saturated rings. The lowest BCUT2D eigenvalue weighted by atomic mass is 10.2. The SMILES string of the molecule is CNc1nc(-c2cc(C(=O)C(Cl)(Cl)Cl)n(C)c2)cs1. The highest BCUT2D eigenvalue weighted by atomic mass is 35.6. The number of nitrogens with zero attached hydrogens (tertiary/aromatic N) is 2. The summed E-state index contributed by atoms with van der Waals surface area (Å²) in [6, 6.07) is 1.67. The molecule has 0 atom stereocenters. The Labute approximate surface area is 129 Å². The Kier molecular flexibility index (Phi) is 4.11. The molecule has 1 N–H and O–H groups in total. The molecule has 2 aromatic rings. The molecule has 4 nitrogen and oxygen atoms in total. The molecule has 0 aliphatic rings. The van der Waals surface area contributed by atoms with Crippen molar-refractivity contribution in [3.05, 3.63) is 23.3 Å². The Morgan fingerprint density at radius 1 is 1.47 bits per heavy atom. The van der Waals surface area contributed by atoms with Gasteiger partial charge in [0.2, 0.25) is 5.78 Å². The van der Waals surface area contributed by atoms with Crippen LogP contribution in [-0.4, -0.2) is 26.2 Å². The largest absolute Gasteiger partial charge is 0.365 e. The van der Waals surface area contributed by atoms with Gasteiger partial charge < -0.3 is 9.88 Å². The molecule has 8 heteroatoms. The molecule has 0 amide bonds. The molecule has 0 bridgehead atoms. The molecule has 0 unspecified atom stereocenters. The van der Waals surface area contributed by atoms with E-state index in [-0.39, 0.29) is 0 Å². The lowest BCUT2D eigenvalue weighted by molar-refractivity contribution is 0.0988. The number of aryl methyl sites for hydroxylation is 1. The number of alkyl halides is 3. The number of carbonyl (C=O) groups excluding carboxylic acids is 1. The summed E-state index contributed by atoms with van der Waals surface area (Å²) < 4.78 is -0.334. The molecule has 2 rings (SSSR count). The number of thiazole rings is 1. The van der Waals surface area contributed by atoms with Gasteiger partial charge in [-0.15, -0.1) is 11.3 Å². The van der Waals surface area contributed by atoms with Crippen molar-refractivity contribution in [1.29, 1.82) is 0 Å². The molecule has 0 saturated heterocycles. The summed E-state index contributed by atoms with van der Waals surface area (Å²) in [4.78, 5) is 16.3. The van der Waals surface area contributed by atoms with Crippen LogP contribution >= 0.6 is 46.1 Å². The lowest BCUT2D eigenvalue weighted by Gasteiger charge is -2.09. The topological polar surface area (TPSA) is 46.9 Å². The van der Waals surface area contributed by atoms with Crippen LogP contribution in [0.2, 0.25) is 0 Å². The van der Waals surface area contributed by atoms with Crippen LogP contribution in [-0.2, 0) is 7.05 Å². The highest BCUT2D eigenvalue weighted by Gasteiger charge is 2.33. The average molecular weight is 339 g/mol. The van der Waals surface area contributed by atoms with E-state index in [2.05, 4.69) is 10.3 Å². The van der Waals surface area contributed by atoms with Crippen LogP contribution in [0.3, 0.4) is 0 Å². The Morgan fingerprint density at radius 2 is 2.16 bits per heavy atom. The van der Waals surface area contributed by atoms with Crippen LogP contribution < -0.4 is 5.32 Å². The van der Waals surface area contributed by atoms with Gasteiger partial charge >= 0.3 is 0 Å². The molecule has 0 radical (unpaired) electrons. The second-order valence-corrected chi connectivity index (χ2v) is 6.98. The van der Waals surface area contributed by atoms with Gasteiger partial charge in [-0.05, 0) is 6.07 Å². The molecular formula is C11H10Cl3N3OS. The minimum Gasteiger partial charge on any atom is -0.365 e. The van der Waals surface area contributed by atoms with Crippen LogP contribution in [0, 0.1) is 0 Å². The third kappa shape index (κ3) is 3.05. The summed E-state index contributed by atoms with van der Waals surface area (Å²) in [5, 5.41) is 5.65. The maximum atomic E-state index is 11.9. The molecule has 0 aromatic carbocycles. The van der Waals surface area contributed by atoms with Gasteiger partial charge in [-0.1, -0.05) is 34.8 Å². The van der Waals surface area contributed by atoms with E-state index in [9.17, 15) is 4.79 Å². The van der Waals surface area contributed by atoms with E-state index in [0.29, 0.717) is 5.69 Å². The second-order valence-electron chi connectivity index (χ2n) is 3.84. The van der Waals surface area contributed by atoms with Crippen LogP contribution in [0.5, 0.6) is 0 Å². The second kappa shape index (κ2) is 5.32. The van der Waals surface area contributed by atoms with Crippen molar-refractivity contribution in [3.8, 4) is 11.3 Å². The van der Waals surface area contributed by atoms with Crippen molar-refractivity contribution >= 4 is 57.1 Å². The third-order valence-corrected chi connectivity index (χ3v) is 3.88. The maximum absolute atomic E-state index is 11.9. The molecule has 0 aliphatic heterocycles. The molecule has 2 heterocycles. The number of aromatic nitrogens is 2. The normalized spacial score (nSPS) is 11.6. The Bertz CT molecular complexity index is 615. The van der Waals surface area contributed by atoms with Gasteiger partial charge in [0.15, 0.2) is 5.13 Å². The Balaban J connectivity index is 2.38. The number of hydrogen-bond donors (Lipinski definition) is 1. The predicted molar refractivity (Wildman–Crippen MR) is 80.7 cm³/mol. The van der Waals surface area contributed by atoms with Gasteiger partial charge in [0.25, 0.3) is 3.79 Å². The minimum absolute atomic E-state index is 0.328. The van der Waals surface area contributed by atoms with Gasteiger partial charge in [-0.25, -0.2) is 4.98 Å². The average Bonchev–Trinajstić information content (AvgIpc) is 2.92. The van der Waals surface area contributed by atoms with Crippen LogP contribution in [0.1, 0.15) is 10.5 Å². The molecule has 0 spiro atoms. The van der Waals surface area contributed by atoms with Gasteiger partial charge in [-0.3, -0.25) is 4.79 Å². The third-order valence-electron chi connectivity index (χ3n) is 2.51. The number of nitrogens with one attached hydrogen (secondary N) is 1. The van der Waals surface area contributed by atoms with Crippen molar-refractivity contribution < 1.29 is 4.79 Å². The van der Waals surface area contributed by atoms with E-state index in [0.717, 1.165) is 16.4 Å². The summed E-state index contributed by atoms with van der Waals surface area (Å²) in [7, 11) is 3.52. The van der Waals surface area contributed by atoms with Crippen LogP contribution in [0.4, 0.5) is 5.13 Å². The summed E-state index contributed by atoms with van der Waals surface area (Å²) in [5.41, 5.74) is 1.90. The zero-order valence-corrected chi connectivity index (χ0v) is 13.2. The number of hydrogen-bond acceptors (Lipinski definition) is 4. The number of ketones is 1. The zero-order chi connectivity index (χ0) is 14.2. The van der Waals surface area contributed by atoms with Gasteiger partial charge in [0.05, 0.1) is 11.4 Å². The van der Waals surface area contributed by atoms with Gasteiger partial charge in [0, 0.05) is 31.2 Å². The highest BCUT2D eigenvalue weighted by molar-refractivity contribution is 7.14. The first-order chi connectivity index (χ1) is 8.82. The summed E-state index contributed by atoms with van der Waals surface area (Å²) in [5.74, 6) is -0.560. The first-order valence-corrected chi connectivity index (χ1v) is 7.26.